The van der Waals surface area contributed by atoms with Gasteiger partial charge in [0.05, 0.1) is 24.9 Å². The smallest absolute Gasteiger partial charge is 0.408 e. The van der Waals surface area contributed by atoms with Crippen LogP contribution >= 0.6 is 18.7 Å². The first-order valence-corrected chi connectivity index (χ1v) is 23.0. The Bertz CT molecular complexity index is 2140. The summed E-state index contributed by atoms with van der Waals surface area (Å²) in [6, 6.07) is 5.88. The third-order valence-electron chi connectivity index (χ3n) is 11.1. The van der Waals surface area contributed by atoms with Crippen molar-refractivity contribution in [2.24, 2.45) is 11.3 Å². The average Bonchev–Trinajstić information content (AvgIpc) is 3.52. The molecule has 4 N–H and O–H groups in total. The Balaban J connectivity index is 1.32. The number of nitrogens with zero attached hydrogens (tertiary/aromatic N) is 3. The summed E-state index contributed by atoms with van der Waals surface area (Å²) in [5, 5.41) is 11.1. The van der Waals surface area contributed by atoms with E-state index in [0.29, 0.717) is 34.0 Å². The number of allylic oxidation sites excluding steroid dienone is 1. The molecule has 2 saturated carbocycles. The van der Waals surface area contributed by atoms with Gasteiger partial charge in [-0.3, -0.25) is 14.2 Å². The molecule has 2 unspecified atom stereocenters. The Kier molecular flexibility index (Phi) is 13.2. The summed E-state index contributed by atoms with van der Waals surface area (Å²) in [4.78, 5) is 64.5. The number of pyridine rings is 1. The fraction of sp³-hybridized carbons (Fsp3) is 0.558. The minimum Gasteiger partial charge on any atom is -0.497 e. The second-order valence-corrected chi connectivity index (χ2v) is 20.8. The van der Waals surface area contributed by atoms with Gasteiger partial charge in [-0.25, -0.2) is 14.8 Å². The van der Waals surface area contributed by atoms with Gasteiger partial charge < -0.3 is 40.0 Å². The number of carbonyl (C=O) groups excluding carboxylic acids is 3. The number of fused-ring (bicyclic) bond motifs is 1. The minimum absolute atomic E-state index is 0.105. The summed E-state index contributed by atoms with van der Waals surface area (Å²) < 4.78 is 31.7. The van der Waals surface area contributed by atoms with Gasteiger partial charge in [0.25, 0.3) is 0 Å². The van der Waals surface area contributed by atoms with Crippen LogP contribution in [0.4, 0.5) is 9.93 Å². The molecule has 3 heterocycles. The lowest BCUT2D eigenvalue weighted by Crippen LogP contribution is -2.56. The lowest BCUT2D eigenvalue weighted by Gasteiger charge is -2.35. The molecule has 0 bridgehead atoms. The highest BCUT2D eigenvalue weighted by Crippen LogP contribution is 2.70. The molecule has 59 heavy (non-hydrogen) atoms. The van der Waals surface area contributed by atoms with Crippen molar-refractivity contribution in [1.82, 2.24) is 25.5 Å². The van der Waals surface area contributed by atoms with Crippen LogP contribution in [-0.2, 0) is 18.9 Å². The molecule has 3 aliphatic rings. The lowest BCUT2D eigenvalue weighted by molar-refractivity contribution is -0.138. The SMILES string of the molecule is C=C[C@@H]1C[C@]1(NC(=O)CC1C[C@@H](Oc2cc(-c3csc(NC(C)C)n3)nc3cc(OC)ccc23)CN1C(=O)[C@@H](NC(=O)OC1CCCC1)C(C)(C)C)P(=O)(O)C=C(C)C. The number of nitrogens with one attached hydrogen (secondary N) is 3. The van der Waals surface area contributed by atoms with Gasteiger partial charge in [0.1, 0.15) is 40.7 Å². The number of thiazole rings is 1. The predicted molar refractivity (Wildman–Crippen MR) is 231 cm³/mol. The number of alkyl carbamates (subject to hydrolysis) is 1. The molecular formula is C43H59N6O8PS. The van der Waals surface area contributed by atoms with Gasteiger partial charge in [0.2, 0.25) is 19.2 Å². The van der Waals surface area contributed by atoms with Crippen molar-refractivity contribution in [3.8, 4) is 22.9 Å². The molecule has 1 aliphatic heterocycles. The third kappa shape index (κ3) is 10.1. The molecule has 3 aromatic rings. The number of amides is 3. The van der Waals surface area contributed by atoms with E-state index in [0.717, 1.165) is 36.2 Å². The van der Waals surface area contributed by atoms with Crippen LogP contribution in [0.3, 0.4) is 0 Å². The van der Waals surface area contributed by atoms with Crippen molar-refractivity contribution in [1.29, 1.82) is 0 Å². The van der Waals surface area contributed by atoms with E-state index < -0.39 is 54.2 Å². The van der Waals surface area contributed by atoms with Gasteiger partial charge in [0.15, 0.2) is 5.13 Å². The number of rotatable bonds is 15. The van der Waals surface area contributed by atoms with E-state index >= 15 is 0 Å². The van der Waals surface area contributed by atoms with E-state index in [2.05, 4.69) is 22.5 Å². The van der Waals surface area contributed by atoms with Crippen LogP contribution in [0.1, 0.15) is 93.4 Å². The van der Waals surface area contributed by atoms with Crippen LogP contribution in [0.2, 0.25) is 0 Å². The molecular weight excluding hydrogens is 792 g/mol. The molecule has 1 saturated heterocycles. The van der Waals surface area contributed by atoms with Crippen molar-refractivity contribution in [3.63, 3.8) is 0 Å². The number of methoxy groups -OCH3 is 1. The van der Waals surface area contributed by atoms with Crippen molar-refractivity contribution in [2.45, 2.75) is 129 Å². The van der Waals surface area contributed by atoms with Crippen LogP contribution in [0.15, 0.2) is 53.7 Å². The highest BCUT2D eigenvalue weighted by atomic mass is 32.1. The zero-order valence-corrected chi connectivity index (χ0v) is 37.1. The predicted octanol–water partition coefficient (Wildman–Crippen LogP) is 8.22. The number of likely N-dealkylation sites (tertiary alicyclic amines) is 1. The average molecular weight is 851 g/mol. The van der Waals surface area contributed by atoms with E-state index in [9.17, 15) is 23.8 Å². The Hall–Kier alpha value is -4.46. The molecule has 6 rings (SSSR count). The highest BCUT2D eigenvalue weighted by molar-refractivity contribution is 7.63. The maximum atomic E-state index is 14.8. The van der Waals surface area contributed by atoms with Crippen LogP contribution in [0, 0.1) is 11.3 Å². The first-order valence-electron chi connectivity index (χ1n) is 20.4. The zero-order valence-electron chi connectivity index (χ0n) is 35.4. The van der Waals surface area contributed by atoms with Crippen molar-refractivity contribution in [3.05, 3.63) is 53.7 Å². The van der Waals surface area contributed by atoms with Crippen LogP contribution < -0.4 is 25.4 Å². The Morgan fingerprint density at radius 3 is 2.47 bits per heavy atom. The molecule has 6 atom stereocenters. The number of carbonyl (C=O) groups is 3. The first-order chi connectivity index (χ1) is 27.8. The van der Waals surface area contributed by atoms with Crippen molar-refractivity contribution in [2.75, 3.05) is 19.0 Å². The maximum absolute atomic E-state index is 14.8. The Labute approximate surface area is 351 Å². The Morgan fingerprint density at radius 1 is 1.12 bits per heavy atom. The molecule has 1 aromatic carbocycles. The second-order valence-electron chi connectivity index (χ2n) is 17.7. The number of hydrogen-bond acceptors (Lipinski definition) is 11. The monoisotopic (exact) mass is 850 g/mol. The summed E-state index contributed by atoms with van der Waals surface area (Å²) in [5.41, 5.74) is 1.80. The normalized spacial score (nSPS) is 23.3. The summed E-state index contributed by atoms with van der Waals surface area (Å²) in [7, 11) is -2.40. The maximum Gasteiger partial charge on any atom is 0.408 e. The molecule has 3 fully saturated rings. The summed E-state index contributed by atoms with van der Waals surface area (Å²) >= 11 is 1.47. The molecule has 0 radical (unpaired) electrons. The van der Waals surface area contributed by atoms with E-state index in [1.165, 1.54) is 17.2 Å². The van der Waals surface area contributed by atoms with Crippen molar-refractivity contribution < 1.29 is 38.1 Å². The van der Waals surface area contributed by atoms with E-state index in [-0.39, 0.29) is 43.9 Å². The summed E-state index contributed by atoms with van der Waals surface area (Å²) in [6.45, 7) is 17.1. The van der Waals surface area contributed by atoms with Gasteiger partial charge in [-0.05, 0) is 77.3 Å². The topological polar surface area (TPSA) is 181 Å². The van der Waals surface area contributed by atoms with Crippen LogP contribution in [-0.4, -0.2) is 86.9 Å². The van der Waals surface area contributed by atoms with Gasteiger partial charge in [-0.1, -0.05) is 32.4 Å². The molecule has 2 aromatic heterocycles. The number of ether oxygens (including phenoxy) is 3. The third-order valence-corrected chi connectivity index (χ3v) is 14.5. The van der Waals surface area contributed by atoms with Gasteiger partial charge in [0, 0.05) is 59.6 Å². The fourth-order valence-electron chi connectivity index (χ4n) is 8.08. The summed E-state index contributed by atoms with van der Waals surface area (Å²) in [6.07, 6.45) is 4.05. The van der Waals surface area contributed by atoms with Crippen LogP contribution in [0.25, 0.3) is 22.3 Å². The molecule has 0 spiro atoms. The molecule has 3 amide bonds. The number of aromatic nitrogens is 2. The highest BCUT2D eigenvalue weighted by Gasteiger charge is 2.64. The molecule has 2 aliphatic carbocycles. The van der Waals surface area contributed by atoms with E-state index in [1.54, 1.807) is 31.9 Å². The molecule has 14 nitrogen and oxygen atoms in total. The summed E-state index contributed by atoms with van der Waals surface area (Å²) in [5.74, 6) is 1.21. The number of anilines is 1. The number of hydrogen-bond donors (Lipinski definition) is 4. The van der Waals surface area contributed by atoms with Gasteiger partial charge in [-0.15, -0.1) is 17.9 Å². The lowest BCUT2D eigenvalue weighted by atomic mass is 9.85. The van der Waals surface area contributed by atoms with E-state index in [1.807, 2.05) is 64.3 Å². The molecule has 16 heteroatoms. The number of benzene rings is 1. The first kappa shape index (κ1) is 44.1. The van der Waals surface area contributed by atoms with E-state index in [4.69, 9.17) is 24.2 Å². The largest absolute Gasteiger partial charge is 0.497 e. The Morgan fingerprint density at radius 2 is 1.85 bits per heavy atom. The standard InChI is InChI=1S/C43H59N6O8PS/c1-10-27-21-43(27,58(53,54)23-25(2)3)48-37(50)18-28-17-31(22-49(28)39(51)38(42(6,7)8)47-41(52)57-29-13-11-12-14-29)56-36-20-34(35-24-59-40(46-35)44-26(4)5)45-33-19-30(55-9)15-16-32(33)36/h10,15-16,19-20,23-24,26-29,31,38H,1,11-14,17-18,21-22H2,2-9H3,(H,44,46)(H,47,52)(H,48,50)(H,53,54)/t27-,28?,31-,38-,43+/m1/s1. The molecule has 320 valence electrons. The quantitative estimate of drug-likeness (QED) is 0.0855. The van der Waals surface area contributed by atoms with Crippen molar-refractivity contribution >= 4 is 52.6 Å². The van der Waals surface area contributed by atoms with Gasteiger partial charge in [-0.2, -0.15) is 0 Å². The van der Waals surface area contributed by atoms with Crippen LogP contribution in [0.5, 0.6) is 11.5 Å². The van der Waals surface area contributed by atoms with Gasteiger partial charge >= 0.3 is 6.09 Å². The zero-order chi connectivity index (χ0) is 42.9. The fourth-order valence-corrected chi connectivity index (χ4v) is 11.2. The second kappa shape index (κ2) is 17.6. The minimum atomic E-state index is -3.99.